The third-order valence-electron chi connectivity index (χ3n) is 6.37. The number of furan rings is 1. The van der Waals surface area contributed by atoms with Crippen molar-refractivity contribution in [2.75, 3.05) is 25.6 Å². The average Bonchev–Trinajstić information content (AvgIpc) is 3.33. The van der Waals surface area contributed by atoms with Crippen LogP contribution in [0.2, 0.25) is 0 Å². The maximum atomic E-state index is 13.7. The second-order valence-corrected chi connectivity index (χ2v) is 8.79. The summed E-state index contributed by atoms with van der Waals surface area (Å²) in [5, 5.41) is 3.37. The highest BCUT2D eigenvalue weighted by Gasteiger charge is 2.22. The summed E-state index contributed by atoms with van der Waals surface area (Å²) in [6, 6.07) is 19.1. The van der Waals surface area contributed by atoms with Crippen LogP contribution < -0.4 is 30.8 Å². The Hall–Kier alpha value is -4.99. The van der Waals surface area contributed by atoms with E-state index in [-0.39, 0.29) is 24.2 Å². The molecule has 10 nitrogen and oxygen atoms in total. The van der Waals surface area contributed by atoms with Crippen LogP contribution >= 0.6 is 0 Å². The van der Waals surface area contributed by atoms with Crippen LogP contribution in [0.4, 0.5) is 5.69 Å². The van der Waals surface area contributed by atoms with Crippen molar-refractivity contribution in [3.05, 3.63) is 93.1 Å². The Morgan fingerprint density at radius 1 is 0.947 bits per heavy atom. The third kappa shape index (κ3) is 4.15. The molecule has 2 aromatic heterocycles. The van der Waals surface area contributed by atoms with Crippen LogP contribution in [0, 0.1) is 0 Å². The zero-order valence-corrected chi connectivity index (χ0v) is 20.4. The van der Waals surface area contributed by atoms with E-state index in [0.29, 0.717) is 52.7 Å². The van der Waals surface area contributed by atoms with E-state index in [1.54, 1.807) is 73.8 Å². The lowest BCUT2D eigenvalue weighted by Gasteiger charge is -2.19. The molecule has 0 spiro atoms. The predicted molar refractivity (Wildman–Crippen MR) is 140 cm³/mol. The molecule has 5 aromatic rings. The molecule has 1 aliphatic rings. The first-order valence-corrected chi connectivity index (χ1v) is 12.0. The summed E-state index contributed by atoms with van der Waals surface area (Å²) in [4.78, 5) is 40.3. The van der Waals surface area contributed by atoms with Crippen LogP contribution in [0.25, 0.3) is 22.1 Å². The van der Waals surface area contributed by atoms with Gasteiger partial charge in [-0.3, -0.25) is 18.7 Å². The standard InChI is InChI=1S/C28H23N3O7/c1-35-19-9-6-17(7-10-19)15-31-27(33)26-25(20-4-2-3-5-21(20)38-26)30(28(31)34)16-24(32)29-18-8-11-22-23(14-18)37-13-12-36-22/h2-11,14H,12-13,15-16H2,1H3,(H,29,32). The van der Waals surface area contributed by atoms with E-state index in [1.807, 2.05) is 0 Å². The number of carbonyl (C=O) groups is 1. The molecule has 3 heterocycles. The second kappa shape index (κ2) is 9.47. The summed E-state index contributed by atoms with van der Waals surface area (Å²) in [5.74, 6) is 1.33. The van der Waals surface area contributed by atoms with Gasteiger partial charge in [0.05, 0.1) is 13.7 Å². The fourth-order valence-electron chi connectivity index (χ4n) is 4.56. The van der Waals surface area contributed by atoms with Gasteiger partial charge in [-0.2, -0.15) is 0 Å². The first kappa shape index (κ1) is 23.4. The summed E-state index contributed by atoms with van der Waals surface area (Å²) in [5.41, 5.74) is 0.745. The lowest BCUT2D eigenvalue weighted by Crippen LogP contribution is -2.41. The van der Waals surface area contributed by atoms with E-state index < -0.39 is 17.2 Å². The number of amides is 1. The summed E-state index contributed by atoms with van der Waals surface area (Å²) < 4.78 is 24.5. The van der Waals surface area contributed by atoms with Gasteiger partial charge in [-0.25, -0.2) is 4.79 Å². The summed E-state index contributed by atoms with van der Waals surface area (Å²) in [7, 11) is 1.56. The molecule has 0 saturated heterocycles. The summed E-state index contributed by atoms with van der Waals surface area (Å²) in [6.07, 6.45) is 0. The monoisotopic (exact) mass is 513 g/mol. The topological polar surface area (TPSA) is 114 Å². The summed E-state index contributed by atoms with van der Waals surface area (Å²) >= 11 is 0. The number of benzene rings is 3. The van der Waals surface area contributed by atoms with Gasteiger partial charge in [-0.05, 0) is 42.0 Å². The lowest BCUT2D eigenvalue weighted by molar-refractivity contribution is -0.116. The molecule has 1 N–H and O–H groups in total. The zero-order valence-electron chi connectivity index (χ0n) is 20.4. The number of methoxy groups -OCH3 is 1. The van der Waals surface area contributed by atoms with Crippen molar-refractivity contribution in [1.29, 1.82) is 0 Å². The molecule has 1 aliphatic heterocycles. The average molecular weight is 514 g/mol. The van der Waals surface area contributed by atoms with E-state index in [2.05, 4.69) is 5.32 Å². The highest BCUT2D eigenvalue weighted by molar-refractivity contribution is 6.03. The van der Waals surface area contributed by atoms with Crippen molar-refractivity contribution in [2.45, 2.75) is 13.1 Å². The smallest absolute Gasteiger partial charge is 0.332 e. The Morgan fingerprint density at radius 2 is 1.71 bits per heavy atom. The highest BCUT2D eigenvalue weighted by Crippen LogP contribution is 2.32. The molecule has 192 valence electrons. The van der Waals surface area contributed by atoms with Gasteiger partial charge < -0.3 is 23.9 Å². The molecule has 10 heteroatoms. The quantitative estimate of drug-likeness (QED) is 0.370. The molecule has 0 unspecified atom stereocenters. The molecule has 6 rings (SSSR count). The fraction of sp³-hybridized carbons (Fsp3) is 0.179. The molecular weight excluding hydrogens is 490 g/mol. The first-order valence-electron chi connectivity index (χ1n) is 12.0. The number of nitrogens with one attached hydrogen (secondary N) is 1. The van der Waals surface area contributed by atoms with E-state index in [0.717, 1.165) is 4.57 Å². The number of hydrogen-bond acceptors (Lipinski definition) is 7. The Balaban J connectivity index is 1.41. The molecule has 0 atom stereocenters. The number of rotatable bonds is 6. The van der Waals surface area contributed by atoms with Gasteiger partial charge in [-0.1, -0.05) is 24.3 Å². The molecule has 0 bridgehead atoms. The molecular formula is C28H23N3O7. The van der Waals surface area contributed by atoms with Crippen molar-refractivity contribution in [2.24, 2.45) is 0 Å². The number of aromatic nitrogens is 2. The van der Waals surface area contributed by atoms with Crippen LogP contribution in [-0.4, -0.2) is 35.4 Å². The van der Waals surface area contributed by atoms with E-state index in [1.165, 1.54) is 4.57 Å². The maximum Gasteiger partial charge on any atom is 0.332 e. The maximum absolute atomic E-state index is 13.7. The van der Waals surface area contributed by atoms with Crippen LogP contribution in [0.5, 0.6) is 17.2 Å². The van der Waals surface area contributed by atoms with Crippen LogP contribution in [-0.2, 0) is 17.9 Å². The van der Waals surface area contributed by atoms with Gasteiger partial charge in [0.15, 0.2) is 11.5 Å². The van der Waals surface area contributed by atoms with Gasteiger partial charge in [0.25, 0.3) is 5.56 Å². The number of para-hydroxylation sites is 1. The van der Waals surface area contributed by atoms with E-state index in [9.17, 15) is 14.4 Å². The van der Waals surface area contributed by atoms with Crippen molar-refractivity contribution in [1.82, 2.24) is 9.13 Å². The van der Waals surface area contributed by atoms with Crippen molar-refractivity contribution in [3.63, 3.8) is 0 Å². The predicted octanol–water partition coefficient (Wildman–Crippen LogP) is 3.38. The number of anilines is 1. The van der Waals surface area contributed by atoms with E-state index >= 15 is 0 Å². The molecule has 3 aromatic carbocycles. The molecule has 0 aliphatic carbocycles. The van der Waals surface area contributed by atoms with Crippen molar-refractivity contribution in [3.8, 4) is 17.2 Å². The van der Waals surface area contributed by atoms with Gasteiger partial charge >= 0.3 is 5.69 Å². The summed E-state index contributed by atoms with van der Waals surface area (Å²) in [6.45, 7) is 0.540. The zero-order chi connectivity index (χ0) is 26.2. The number of fused-ring (bicyclic) bond motifs is 4. The number of hydrogen-bond donors (Lipinski definition) is 1. The first-order chi connectivity index (χ1) is 18.5. The Labute approximate surface area is 215 Å². The SMILES string of the molecule is COc1ccc(Cn2c(=O)c3oc4ccccc4c3n(CC(=O)Nc3ccc4c(c3)OCCO4)c2=O)cc1. The van der Waals surface area contributed by atoms with Gasteiger partial charge in [0, 0.05) is 17.1 Å². The Bertz CT molecular complexity index is 1800. The molecule has 1 amide bonds. The van der Waals surface area contributed by atoms with Gasteiger partial charge in [0.1, 0.15) is 36.6 Å². The number of carbonyl (C=O) groups excluding carboxylic acids is 1. The molecule has 38 heavy (non-hydrogen) atoms. The number of ether oxygens (including phenoxy) is 3. The lowest BCUT2D eigenvalue weighted by atomic mass is 10.2. The molecule has 0 saturated carbocycles. The minimum atomic E-state index is -0.623. The van der Waals surface area contributed by atoms with E-state index in [4.69, 9.17) is 18.6 Å². The normalized spacial score (nSPS) is 12.6. The minimum Gasteiger partial charge on any atom is -0.497 e. The van der Waals surface area contributed by atoms with Crippen molar-refractivity contribution >= 4 is 33.7 Å². The third-order valence-corrected chi connectivity index (χ3v) is 6.37. The Morgan fingerprint density at radius 3 is 2.50 bits per heavy atom. The largest absolute Gasteiger partial charge is 0.497 e. The van der Waals surface area contributed by atoms with Crippen LogP contribution in [0.15, 0.2) is 80.7 Å². The highest BCUT2D eigenvalue weighted by atomic mass is 16.6. The Kier molecular flexibility index (Phi) is 5.83. The minimum absolute atomic E-state index is 0.00156. The van der Waals surface area contributed by atoms with Gasteiger partial charge in [-0.15, -0.1) is 0 Å². The van der Waals surface area contributed by atoms with Crippen LogP contribution in [0.3, 0.4) is 0 Å². The fourth-order valence-corrected chi connectivity index (χ4v) is 4.56. The van der Waals surface area contributed by atoms with Crippen LogP contribution in [0.1, 0.15) is 5.56 Å². The number of nitrogens with zero attached hydrogens (tertiary/aromatic N) is 2. The molecule has 0 fully saturated rings. The second-order valence-electron chi connectivity index (χ2n) is 8.79. The van der Waals surface area contributed by atoms with Gasteiger partial charge in [0.2, 0.25) is 11.5 Å². The van der Waals surface area contributed by atoms with Crippen molar-refractivity contribution < 1.29 is 23.4 Å². The molecule has 0 radical (unpaired) electrons.